The number of rotatable bonds is 8. The van der Waals surface area contributed by atoms with E-state index in [1.807, 2.05) is 19.9 Å². The van der Waals surface area contributed by atoms with Crippen LogP contribution in [-0.2, 0) is 4.79 Å². The van der Waals surface area contributed by atoms with Gasteiger partial charge in [-0.25, -0.2) is 5.43 Å². The summed E-state index contributed by atoms with van der Waals surface area (Å²) in [6.45, 7) is 3.64. The van der Waals surface area contributed by atoms with E-state index in [0.29, 0.717) is 27.6 Å². The smallest absolute Gasteiger partial charge is 0.262 e. The van der Waals surface area contributed by atoms with Crippen LogP contribution in [-0.4, -0.2) is 38.3 Å². The minimum atomic E-state index is -0.801. The summed E-state index contributed by atoms with van der Waals surface area (Å²) < 4.78 is 11.5. The third-order valence-corrected chi connectivity index (χ3v) is 5.80. The standard InChI is InChI=1S/C21H22Cl2IN3O4/c1-11(2)18(26-20(28)13-5-6-14(22)15(23)9-13)21(29)27-25-10-12-7-16(24)19(31-4)17(8-12)30-3/h5-11,18H,1-4H3,(H,26,28)(H,27,29). The van der Waals surface area contributed by atoms with Crippen LogP contribution in [0.2, 0.25) is 10.0 Å². The largest absolute Gasteiger partial charge is 0.493 e. The van der Waals surface area contributed by atoms with Gasteiger partial charge in [0.25, 0.3) is 11.8 Å². The SMILES string of the molecule is COc1cc(C=NNC(=O)C(NC(=O)c2ccc(Cl)c(Cl)c2)C(C)C)cc(I)c1OC. The Morgan fingerprint density at radius 1 is 1.10 bits per heavy atom. The fraction of sp³-hybridized carbons (Fsp3) is 0.286. The molecule has 166 valence electrons. The van der Waals surface area contributed by atoms with Crippen molar-refractivity contribution in [3.63, 3.8) is 0 Å². The van der Waals surface area contributed by atoms with Crippen molar-refractivity contribution >= 4 is 63.8 Å². The van der Waals surface area contributed by atoms with E-state index in [1.165, 1.54) is 24.4 Å². The predicted octanol–water partition coefficient (Wildman–Crippen LogP) is 4.52. The lowest BCUT2D eigenvalue weighted by Gasteiger charge is -2.20. The van der Waals surface area contributed by atoms with Crippen LogP contribution >= 0.6 is 45.8 Å². The van der Waals surface area contributed by atoms with Crippen molar-refractivity contribution in [2.75, 3.05) is 14.2 Å². The summed E-state index contributed by atoms with van der Waals surface area (Å²) in [6, 6.07) is 7.29. The van der Waals surface area contributed by atoms with Crippen molar-refractivity contribution < 1.29 is 19.1 Å². The molecule has 2 aromatic carbocycles. The molecule has 10 heteroatoms. The molecule has 7 nitrogen and oxygen atoms in total. The van der Waals surface area contributed by atoms with Crippen LogP contribution in [0.15, 0.2) is 35.4 Å². The molecule has 2 aromatic rings. The Morgan fingerprint density at radius 2 is 1.81 bits per heavy atom. The lowest BCUT2D eigenvalue weighted by atomic mass is 10.0. The molecule has 0 bridgehead atoms. The number of carbonyl (C=O) groups excluding carboxylic acids is 2. The van der Waals surface area contributed by atoms with Gasteiger partial charge in [-0.2, -0.15) is 5.10 Å². The van der Waals surface area contributed by atoms with Gasteiger partial charge in [0.1, 0.15) is 6.04 Å². The van der Waals surface area contributed by atoms with Crippen molar-refractivity contribution in [3.05, 3.63) is 55.1 Å². The highest BCUT2D eigenvalue weighted by Gasteiger charge is 2.24. The summed E-state index contributed by atoms with van der Waals surface area (Å²) in [5.74, 6) is 0.106. The van der Waals surface area contributed by atoms with Crippen LogP contribution in [0, 0.1) is 9.49 Å². The number of hydrazone groups is 1. The van der Waals surface area contributed by atoms with Gasteiger partial charge in [0, 0.05) is 5.56 Å². The topological polar surface area (TPSA) is 89.0 Å². The number of nitrogens with zero attached hydrogens (tertiary/aromatic N) is 1. The molecule has 2 rings (SSSR count). The maximum atomic E-state index is 12.6. The highest BCUT2D eigenvalue weighted by Crippen LogP contribution is 2.33. The number of amides is 2. The van der Waals surface area contributed by atoms with Gasteiger partial charge < -0.3 is 14.8 Å². The number of methoxy groups -OCH3 is 2. The first-order valence-electron chi connectivity index (χ1n) is 9.18. The number of ether oxygens (including phenoxy) is 2. The molecule has 0 aliphatic carbocycles. The van der Waals surface area contributed by atoms with E-state index in [2.05, 4.69) is 38.4 Å². The van der Waals surface area contributed by atoms with Gasteiger partial charge in [-0.05, 0) is 64.4 Å². The van der Waals surface area contributed by atoms with Crippen LogP contribution < -0.4 is 20.2 Å². The van der Waals surface area contributed by atoms with Crippen molar-refractivity contribution in [1.29, 1.82) is 0 Å². The lowest BCUT2D eigenvalue weighted by Crippen LogP contribution is -2.48. The first-order chi connectivity index (χ1) is 14.7. The Morgan fingerprint density at radius 3 is 2.39 bits per heavy atom. The Kier molecular flexibility index (Phi) is 9.39. The fourth-order valence-corrected chi connectivity index (χ4v) is 3.79. The Bertz CT molecular complexity index is 999. The van der Waals surface area contributed by atoms with Gasteiger partial charge in [-0.1, -0.05) is 37.0 Å². The van der Waals surface area contributed by atoms with E-state index in [9.17, 15) is 9.59 Å². The van der Waals surface area contributed by atoms with Gasteiger partial charge in [0.2, 0.25) is 0 Å². The molecule has 0 spiro atoms. The van der Waals surface area contributed by atoms with E-state index in [-0.39, 0.29) is 10.9 Å². The summed E-state index contributed by atoms with van der Waals surface area (Å²) in [5, 5.41) is 7.32. The molecule has 1 unspecified atom stereocenters. The molecule has 0 saturated carbocycles. The molecular formula is C21H22Cl2IN3O4. The molecular weight excluding hydrogens is 556 g/mol. The fourth-order valence-electron chi connectivity index (χ4n) is 2.65. The van der Waals surface area contributed by atoms with Crippen LogP contribution in [0.5, 0.6) is 11.5 Å². The molecule has 0 aliphatic rings. The normalized spacial score (nSPS) is 12.0. The van der Waals surface area contributed by atoms with E-state index < -0.39 is 17.9 Å². The second-order valence-electron chi connectivity index (χ2n) is 6.80. The minimum Gasteiger partial charge on any atom is -0.493 e. The third kappa shape index (κ3) is 6.72. The number of hydrogen-bond donors (Lipinski definition) is 2. The average Bonchev–Trinajstić information content (AvgIpc) is 2.72. The average molecular weight is 578 g/mol. The molecule has 0 radical (unpaired) electrons. The van der Waals surface area contributed by atoms with Crippen LogP contribution in [0.25, 0.3) is 0 Å². The molecule has 2 amide bonds. The molecule has 31 heavy (non-hydrogen) atoms. The maximum absolute atomic E-state index is 12.6. The Hall–Kier alpha value is -2.04. The van der Waals surface area contributed by atoms with E-state index >= 15 is 0 Å². The second-order valence-corrected chi connectivity index (χ2v) is 8.77. The van der Waals surface area contributed by atoms with Crippen LogP contribution in [0.4, 0.5) is 0 Å². The van der Waals surface area contributed by atoms with Gasteiger partial charge in [-0.15, -0.1) is 0 Å². The molecule has 0 fully saturated rings. The number of benzene rings is 2. The van der Waals surface area contributed by atoms with Gasteiger partial charge in [0.15, 0.2) is 11.5 Å². The molecule has 0 aromatic heterocycles. The quantitative estimate of drug-likeness (QED) is 0.274. The second kappa shape index (κ2) is 11.5. The first-order valence-corrected chi connectivity index (χ1v) is 11.0. The molecule has 0 aliphatic heterocycles. The summed E-state index contributed by atoms with van der Waals surface area (Å²) in [4.78, 5) is 25.2. The van der Waals surface area contributed by atoms with Crippen molar-refractivity contribution in [1.82, 2.24) is 10.7 Å². The molecule has 0 heterocycles. The summed E-state index contributed by atoms with van der Waals surface area (Å²) in [5.41, 5.74) is 3.48. The van der Waals surface area contributed by atoms with E-state index in [1.54, 1.807) is 20.3 Å². The molecule has 2 N–H and O–H groups in total. The van der Waals surface area contributed by atoms with Crippen molar-refractivity contribution in [2.24, 2.45) is 11.0 Å². The molecule has 0 saturated heterocycles. The highest BCUT2D eigenvalue weighted by atomic mass is 127. The van der Waals surface area contributed by atoms with Gasteiger partial charge in [0.05, 0.1) is 34.0 Å². The summed E-state index contributed by atoms with van der Waals surface area (Å²) >= 11 is 14.0. The lowest BCUT2D eigenvalue weighted by molar-refractivity contribution is -0.123. The van der Waals surface area contributed by atoms with Crippen LogP contribution in [0.3, 0.4) is 0 Å². The van der Waals surface area contributed by atoms with E-state index in [4.69, 9.17) is 32.7 Å². The highest BCUT2D eigenvalue weighted by molar-refractivity contribution is 14.1. The number of hydrogen-bond acceptors (Lipinski definition) is 5. The minimum absolute atomic E-state index is 0.177. The van der Waals surface area contributed by atoms with Gasteiger partial charge >= 0.3 is 0 Å². The Labute approximate surface area is 204 Å². The zero-order valence-corrected chi connectivity index (χ0v) is 21.0. The Balaban J connectivity index is 2.09. The molecule has 1 atom stereocenters. The van der Waals surface area contributed by atoms with Gasteiger partial charge in [-0.3, -0.25) is 9.59 Å². The van der Waals surface area contributed by atoms with Crippen molar-refractivity contribution in [2.45, 2.75) is 19.9 Å². The predicted molar refractivity (Wildman–Crippen MR) is 131 cm³/mol. The zero-order chi connectivity index (χ0) is 23.1. The number of halogens is 3. The maximum Gasteiger partial charge on any atom is 0.262 e. The monoisotopic (exact) mass is 577 g/mol. The third-order valence-electron chi connectivity index (χ3n) is 4.26. The zero-order valence-electron chi connectivity index (χ0n) is 17.3. The van der Waals surface area contributed by atoms with E-state index in [0.717, 1.165) is 3.57 Å². The summed E-state index contributed by atoms with van der Waals surface area (Å²) in [7, 11) is 3.10. The first kappa shape index (κ1) is 25.2. The summed E-state index contributed by atoms with van der Waals surface area (Å²) in [6.07, 6.45) is 1.49. The van der Waals surface area contributed by atoms with Crippen LogP contribution in [0.1, 0.15) is 29.8 Å². The number of nitrogens with one attached hydrogen (secondary N) is 2. The number of carbonyl (C=O) groups is 2. The van der Waals surface area contributed by atoms with Crippen molar-refractivity contribution in [3.8, 4) is 11.5 Å².